The fourth-order valence-corrected chi connectivity index (χ4v) is 2.98. The molecule has 0 atom stereocenters. The number of amides is 3. The summed E-state index contributed by atoms with van der Waals surface area (Å²) >= 11 is 0. The van der Waals surface area contributed by atoms with Crippen LogP contribution >= 0.6 is 0 Å². The number of carbonyl (C=O) groups excluding carboxylic acids is 2. The van der Waals surface area contributed by atoms with Gasteiger partial charge in [0.15, 0.2) is 0 Å². The first-order chi connectivity index (χ1) is 12.2. The summed E-state index contributed by atoms with van der Waals surface area (Å²) in [6.45, 7) is 4.26. The quantitative estimate of drug-likeness (QED) is 0.878. The maximum absolute atomic E-state index is 12.4. The summed E-state index contributed by atoms with van der Waals surface area (Å²) in [5, 5.41) is 2.94. The maximum atomic E-state index is 12.4. The van der Waals surface area contributed by atoms with Crippen molar-refractivity contribution in [3.63, 3.8) is 0 Å². The van der Waals surface area contributed by atoms with Crippen molar-refractivity contribution in [3.8, 4) is 0 Å². The monoisotopic (exact) mass is 341 g/mol. The number of hydrogen-bond acceptors (Lipinski definition) is 3. The van der Waals surface area contributed by atoms with Crippen molar-refractivity contribution >= 4 is 17.6 Å². The number of nitrogens with zero attached hydrogens (tertiary/aromatic N) is 2. The molecule has 1 aliphatic rings. The fourth-order valence-electron chi connectivity index (χ4n) is 2.98. The second-order valence-electron chi connectivity index (χ2n) is 6.12. The second kappa shape index (κ2) is 7.88. The molecule has 132 valence electrons. The fraction of sp³-hybridized carbons (Fsp3) is 0.368. The van der Waals surface area contributed by atoms with E-state index in [4.69, 9.17) is 4.42 Å². The van der Waals surface area contributed by atoms with Crippen LogP contribution in [0.5, 0.6) is 0 Å². The molecule has 1 fully saturated rings. The molecule has 1 saturated heterocycles. The molecule has 0 spiro atoms. The smallest absolute Gasteiger partial charge is 0.317 e. The lowest BCUT2D eigenvalue weighted by molar-refractivity contribution is -0.117. The largest absolute Gasteiger partial charge is 0.472 e. The number of anilines is 1. The molecule has 0 unspecified atom stereocenters. The molecule has 6 nitrogen and oxygen atoms in total. The van der Waals surface area contributed by atoms with E-state index in [2.05, 4.69) is 5.32 Å². The molecule has 0 aliphatic carbocycles. The zero-order valence-electron chi connectivity index (χ0n) is 14.4. The van der Waals surface area contributed by atoms with Crippen LogP contribution in [0.25, 0.3) is 0 Å². The van der Waals surface area contributed by atoms with E-state index in [9.17, 15) is 9.59 Å². The topological polar surface area (TPSA) is 65.8 Å². The summed E-state index contributed by atoms with van der Waals surface area (Å²) in [4.78, 5) is 27.8. The normalized spacial score (nSPS) is 14.0. The number of carbonyl (C=O) groups is 2. The molecule has 2 heterocycles. The van der Waals surface area contributed by atoms with E-state index >= 15 is 0 Å². The molecule has 1 aliphatic heterocycles. The molecule has 1 N–H and O–H groups in total. The molecule has 6 heteroatoms. The third-order valence-electron chi connectivity index (χ3n) is 4.36. The van der Waals surface area contributed by atoms with Gasteiger partial charge in [-0.1, -0.05) is 12.1 Å². The standard InChI is InChI=1S/C19H23N3O3/c1-2-21(13-16-8-10-25-14-16)19(24)20-12-15-5-3-6-17(11-15)22-9-4-7-18(22)23/h3,5-6,8,10-11,14H,2,4,7,9,12-13H2,1H3,(H,20,24). The number of hydrogen-bond donors (Lipinski definition) is 1. The molecule has 2 aromatic rings. The third kappa shape index (κ3) is 4.21. The first-order valence-corrected chi connectivity index (χ1v) is 8.60. The van der Waals surface area contributed by atoms with Crippen molar-refractivity contribution in [2.75, 3.05) is 18.0 Å². The lowest BCUT2D eigenvalue weighted by Gasteiger charge is -2.21. The Morgan fingerprint density at radius 2 is 2.20 bits per heavy atom. The Balaban J connectivity index is 1.58. The van der Waals surface area contributed by atoms with Gasteiger partial charge in [0.1, 0.15) is 0 Å². The Morgan fingerprint density at radius 3 is 2.88 bits per heavy atom. The minimum Gasteiger partial charge on any atom is -0.472 e. The van der Waals surface area contributed by atoms with Gasteiger partial charge in [-0.25, -0.2) is 4.79 Å². The van der Waals surface area contributed by atoms with E-state index < -0.39 is 0 Å². The van der Waals surface area contributed by atoms with Gasteiger partial charge in [0, 0.05) is 37.3 Å². The first-order valence-electron chi connectivity index (χ1n) is 8.60. The van der Waals surface area contributed by atoms with Crippen LogP contribution < -0.4 is 10.2 Å². The molecule has 0 radical (unpaired) electrons. The summed E-state index contributed by atoms with van der Waals surface area (Å²) in [7, 11) is 0. The molecule has 1 aromatic carbocycles. The molecule has 25 heavy (non-hydrogen) atoms. The van der Waals surface area contributed by atoms with Gasteiger partial charge < -0.3 is 19.5 Å². The van der Waals surface area contributed by atoms with E-state index in [0.717, 1.165) is 29.8 Å². The van der Waals surface area contributed by atoms with E-state index in [1.807, 2.05) is 42.2 Å². The number of urea groups is 1. The Hall–Kier alpha value is -2.76. The van der Waals surface area contributed by atoms with Gasteiger partial charge >= 0.3 is 6.03 Å². The van der Waals surface area contributed by atoms with Crippen LogP contribution in [0, 0.1) is 0 Å². The van der Waals surface area contributed by atoms with Crippen molar-refractivity contribution in [2.45, 2.75) is 32.9 Å². The summed E-state index contributed by atoms with van der Waals surface area (Å²) in [5.74, 6) is 0.165. The highest BCUT2D eigenvalue weighted by Gasteiger charge is 2.21. The van der Waals surface area contributed by atoms with Crippen molar-refractivity contribution in [2.24, 2.45) is 0 Å². The molecule has 3 rings (SSSR count). The van der Waals surface area contributed by atoms with Crippen LogP contribution in [0.3, 0.4) is 0 Å². The van der Waals surface area contributed by atoms with E-state index in [0.29, 0.717) is 26.1 Å². The average Bonchev–Trinajstić information content (AvgIpc) is 3.29. The van der Waals surface area contributed by atoms with Crippen LogP contribution in [0.4, 0.5) is 10.5 Å². The van der Waals surface area contributed by atoms with Gasteiger partial charge in [-0.3, -0.25) is 4.79 Å². The predicted molar refractivity (Wildman–Crippen MR) is 95.1 cm³/mol. The molecule has 1 aromatic heterocycles. The van der Waals surface area contributed by atoms with Crippen LogP contribution in [0.1, 0.15) is 30.9 Å². The summed E-state index contributed by atoms with van der Waals surface area (Å²) in [6.07, 6.45) is 4.76. The summed E-state index contributed by atoms with van der Waals surface area (Å²) in [6, 6.07) is 9.52. The van der Waals surface area contributed by atoms with Crippen LogP contribution in [0.15, 0.2) is 47.3 Å². The predicted octanol–water partition coefficient (Wildman–Crippen LogP) is 3.14. The highest BCUT2D eigenvalue weighted by atomic mass is 16.3. The molecular weight excluding hydrogens is 318 g/mol. The van der Waals surface area contributed by atoms with Gasteiger partial charge in [-0.05, 0) is 37.1 Å². The Bertz CT molecular complexity index is 727. The molecular formula is C19H23N3O3. The van der Waals surface area contributed by atoms with Gasteiger partial charge in [0.2, 0.25) is 5.91 Å². The maximum Gasteiger partial charge on any atom is 0.317 e. The van der Waals surface area contributed by atoms with Gasteiger partial charge in [-0.2, -0.15) is 0 Å². The number of nitrogens with one attached hydrogen (secondary N) is 1. The van der Waals surface area contributed by atoms with Crippen LogP contribution in [0.2, 0.25) is 0 Å². The van der Waals surface area contributed by atoms with E-state index in [-0.39, 0.29) is 11.9 Å². The minimum absolute atomic E-state index is 0.119. The molecule has 0 saturated carbocycles. The second-order valence-corrected chi connectivity index (χ2v) is 6.12. The number of benzene rings is 1. The van der Waals surface area contributed by atoms with Gasteiger partial charge in [0.25, 0.3) is 0 Å². The van der Waals surface area contributed by atoms with Crippen molar-refractivity contribution in [1.29, 1.82) is 0 Å². The number of rotatable bonds is 6. The van der Waals surface area contributed by atoms with E-state index in [1.165, 1.54) is 0 Å². The molecule has 0 bridgehead atoms. The average molecular weight is 341 g/mol. The molecule has 3 amide bonds. The zero-order chi connectivity index (χ0) is 17.6. The Labute approximate surface area is 147 Å². The van der Waals surface area contributed by atoms with Crippen LogP contribution in [-0.4, -0.2) is 29.9 Å². The third-order valence-corrected chi connectivity index (χ3v) is 4.36. The van der Waals surface area contributed by atoms with Crippen LogP contribution in [-0.2, 0) is 17.9 Å². The first kappa shape index (κ1) is 17.1. The highest BCUT2D eigenvalue weighted by Crippen LogP contribution is 2.22. The van der Waals surface area contributed by atoms with Crippen molar-refractivity contribution in [1.82, 2.24) is 10.2 Å². The Kier molecular flexibility index (Phi) is 5.38. The lowest BCUT2D eigenvalue weighted by Crippen LogP contribution is -2.39. The number of furan rings is 1. The van der Waals surface area contributed by atoms with Crippen molar-refractivity contribution < 1.29 is 14.0 Å². The summed E-state index contributed by atoms with van der Waals surface area (Å²) in [5.41, 5.74) is 2.84. The lowest BCUT2D eigenvalue weighted by atomic mass is 10.2. The van der Waals surface area contributed by atoms with E-state index in [1.54, 1.807) is 17.4 Å². The summed E-state index contributed by atoms with van der Waals surface area (Å²) < 4.78 is 5.05. The van der Waals surface area contributed by atoms with Gasteiger partial charge in [0.05, 0.1) is 19.1 Å². The highest BCUT2D eigenvalue weighted by molar-refractivity contribution is 5.95. The van der Waals surface area contributed by atoms with Gasteiger partial charge in [-0.15, -0.1) is 0 Å². The zero-order valence-corrected chi connectivity index (χ0v) is 14.4. The Morgan fingerprint density at radius 1 is 1.32 bits per heavy atom. The SMILES string of the molecule is CCN(Cc1ccoc1)C(=O)NCc1cccc(N2CCCC2=O)c1. The minimum atomic E-state index is -0.119. The van der Waals surface area contributed by atoms with Crippen molar-refractivity contribution in [3.05, 3.63) is 54.0 Å².